The van der Waals surface area contributed by atoms with Gasteiger partial charge in [0.05, 0.1) is 0 Å². The maximum absolute atomic E-state index is 10.4. The molecule has 0 bridgehead atoms. The van der Waals surface area contributed by atoms with Gasteiger partial charge in [0.1, 0.15) is 29.5 Å². The van der Waals surface area contributed by atoms with Gasteiger partial charge in [-0.1, -0.05) is 12.1 Å². The average molecular weight is 414 g/mol. The van der Waals surface area contributed by atoms with Crippen molar-refractivity contribution in [2.24, 2.45) is 0 Å². The summed E-state index contributed by atoms with van der Waals surface area (Å²) < 4.78 is 12.6. The van der Waals surface area contributed by atoms with Gasteiger partial charge in [-0.3, -0.25) is 0 Å². The van der Waals surface area contributed by atoms with Crippen LogP contribution in [0.15, 0.2) is 24.3 Å². The number of hydrogen-bond donors (Lipinski definition) is 2. The van der Waals surface area contributed by atoms with Crippen LogP contribution in [0.5, 0.6) is 17.2 Å². The summed E-state index contributed by atoms with van der Waals surface area (Å²) in [7, 11) is 0. The summed E-state index contributed by atoms with van der Waals surface area (Å²) in [6.07, 6.45) is 2.86. The second kappa shape index (κ2) is 8.11. The minimum atomic E-state index is -0.377. The van der Waals surface area contributed by atoms with Crippen LogP contribution < -0.4 is 14.8 Å². The van der Waals surface area contributed by atoms with Gasteiger partial charge in [-0.2, -0.15) is 0 Å². The summed E-state index contributed by atoms with van der Waals surface area (Å²) in [4.78, 5) is 0. The number of fused-ring (bicyclic) bond motifs is 1. The van der Waals surface area contributed by atoms with Crippen molar-refractivity contribution in [3.8, 4) is 17.2 Å². The van der Waals surface area contributed by atoms with E-state index in [1.807, 2.05) is 32.5 Å². The van der Waals surface area contributed by atoms with Crippen molar-refractivity contribution in [2.75, 3.05) is 19.0 Å². The number of rotatable bonds is 5. The van der Waals surface area contributed by atoms with E-state index in [0.717, 1.165) is 65.4 Å². The largest absolute Gasteiger partial charge is 0.507 e. The minimum absolute atomic E-state index is 0.377. The lowest BCUT2D eigenvalue weighted by atomic mass is 9.87. The number of nitrogens with one attached hydrogen (secondary N) is 1. The molecule has 0 spiro atoms. The highest BCUT2D eigenvalue weighted by atomic mass is 32.2. The van der Waals surface area contributed by atoms with E-state index < -0.39 is 0 Å². The van der Waals surface area contributed by atoms with E-state index in [0.29, 0.717) is 17.6 Å². The molecule has 0 amide bonds. The number of thioether (sulfide) groups is 1. The molecule has 2 atom stereocenters. The molecule has 156 valence electrons. The van der Waals surface area contributed by atoms with Crippen LogP contribution in [0.2, 0.25) is 0 Å². The Morgan fingerprint density at radius 2 is 1.93 bits per heavy atom. The third-order valence-electron chi connectivity index (χ3n) is 6.32. The van der Waals surface area contributed by atoms with Crippen LogP contribution in [0.1, 0.15) is 41.2 Å². The Balaban J connectivity index is 1.41. The van der Waals surface area contributed by atoms with Crippen molar-refractivity contribution < 1.29 is 14.6 Å². The smallest absolute Gasteiger partial charge is 0.140 e. The van der Waals surface area contributed by atoms with E-state index in [9.17, 15) is 5.11 Å². The van der Waals surface area contributed by atoms with Crippen molar-refractivity contribution >= 4 is 11.8 Å². The molecule has 2 aliphatic rings. The molecule has 2 aromatic carbocycles. The lowest BCUT2D eigenvalue weighted by Crippen LogP contribution is -2.42. The maximum atomic E-state index is 10.4. The molecule has 0 aromatic heterocycles. The summed E-state index contributed by atoms with van der Waals surface area (Å²) >= 11 is 1.99. The highest BCUT2D eigenvalue weighted by Gasteiger charge is 2.35. The molecule has 1 fully saturated rings. The zero-order valence-electron chi connectivity index (χ0n) is 17.8. The molecule has 4 rings (SSSR count). The number of phenols is 1. The standard InChI is InChI=1S/C24H31NO3S/c1-15-16(2)23-21(17(3)22(15)26)9-10-24(4,28-23)13-27-19-7-5-18(6-8-19)11-20-12-25-14-29-20/h5-8,20,25-26H,9-14H2,1-4H3. The molecule has 0 aliphatic carbocycles. The summed E-state index contributed by atoms with van der Waals surface area (Å²) in [6.45, 7) is 9.67. The molecule has 29 heavy (non-hydrogen) atoms. The highest BCUT2D eigenvalue weighted by Crippen LogP contribution is 2.43. The summed E-state index contributed by atoms with van der Waals surface area (Å²) in [5.41, 5.74) is 4.98. The Kier molecular flexibility index (Phi) is 5.71. The fourth-order valence-electron chi connectivity index (χ4n) is 4.20. The van der Waals surface area contributed by atoms with Gasteiger partial charge in [-0.05, 0) is 81.3 Å². The zero-order valence-corrected chi connectivity index (χ0v) is 18.6. The van der Waals surface area contributed by atoms with Gasteiger partial charge in [-0.15, -0.1) is 11.8 Å². The van der Waals surface area contributed by atoms with Crippen LogP contribution >= 0.6 is 11.8 Å². The normalized spacial score (nSPS) is 23.5. The lowest BCUT2D eigenvalue weighted by molar-refractivity contribution is 0.0166. The summed E-state index contributed by atoms with van der Waals surface area (Å²) in [6, 6.07) is 8.49. The Hall–Kier alpha value is -1.85. The molecule has 2 N–H and O–H groups in total. The van der Waals surface area contributed by atoms with Crippen LogP contribution in [0.4, 0.5) is 0 Å². The quantitative estimate of drug-likeness (QED) is 0.745. The van der Waals surface area contributed by atoms with E-state index in [2.05, 4.69) is 36.5 Å². The Labute approximate surface area is 178 Å². The number of aromatic hydroxyl groups is 1. The monoisotopic (exact) mass is 413 g/mol. The molecule has 4 nitrogen and oxygen atoms in total. The first-order valence-corrected chi connectivity index (χ1v) is 11.5. The average Bonchev–Trinajstić information content (AvgIpc) is 3.23. The zero-order chi connectivity index (χ0) is 20.6. The molecule has 0 saturated carbocycles. The van der Waals surface area contributed by atoms with Crippen molar-refractivity contribution in [1.82, 2.24) is 5.32 Å². The second-order valence-corrected chi connectivity index (χ2v) is 9.90. The van der Waals surface area contributed by atoms with Crippen molar-refractivity contribution in [2.45, 2.75) is 57.8 Å². The van der Waals surface area contributed by atoms with Crippen LogP contribution in [0.3, 0.4) is 0 Å². The van der Waals surface area contributed by atoms with Crippen LogP contribution in [-0.4, -0.2) is 35.0 Å². The van der Waals surface area contributed by atoms with Gasteiger partial charge >= 0.3 is 0 Å². The summed E-state index contributed by atoms with van der Waals surface area (Å²) in [5.74, 6) is 3.27. The van der Waals surface area contributed by atoms with Gasteiger partial charge in [-0.25, -0.2) is 0 Å². The molecule has 2 unspecified atom stereocenters. The number of ether oxygens (including phenoxy) is 2. The topological polar surface area (TPSA) is 50.7 Å². The molecule has 0 radical (unpaired) electrons. The first-order valence-electron chi connectivity index (χ1n) is 10.4. The number of hydrogen-bond acceptors (Lipinski definition) is 5. The third kappa shape index (κ3) is 4.22. The first-order chi connectivity index (χ1) is 13.9. The SMILES string of the molecule is Cc1c(C)c2c(c(C)c1O)CCC(C)(COc1ccc(CC3CNCS3)cc1)O2. The molecular formula is C24H31NO3S. The number of benzene rings is 2. The first kappa shape index (κ1) is 20.4. The van der Waals surface area contributed by atoms with E-state index >= 15 is 0 Å². The van der Waals surface area contributed by atoms with E-state index in [4.69, 9.17) is 9.47 Å². The molecule has 2 aromatic rings. The predicted molar refractivity (Wildman–Crippen MR) is 120 cm³/mol. The fraction of sp³-hybridized carbons (Fsp3) is 0.500. The Morgan fingerprint density at radius 3 is 2.62 bits per heavy atom. The molecular weight excluding hydrogens is 382 g/mol. The van der Waals surface area contributed by atoms with Gasteiger partial charge < -0.3 is 19.9 Å². The lowest BCUT2D eigenvalue weighted by Gasteiger charge is -2.37. The molecule has 1 saturated heterocycles. The summed E-state index contributed by atoms with van der Waals surface area (Å²) in [5, 5.41) is 14.4. The van der Waals surface area contributed by atoms with Gasteiger partial charge in [0.25, 0.3) is 0 Å². The highest BCUT2D eigenvalue weighted by molar-refractivity contribution is 8.00. The van der Waals surface area contributed by atoms with Gasteiger partial charge in [0.2, 0.25) is 0 Å². The van der Waals surface area contributed by atoms with E-state index in [-0.39, 0.29) is 5.60 Å². The Bertz CT molecular complexity index is 890. The van der Waals surface area contributed by atoms with Crippen molar-refractivity contribution in [3.05, 3.63) is 52.1 Å². The van der Waals surface area contributed by atoms with Crippen molar-refractivity contribution in [1.29, 1.82) is 0 Å². The van der Waals surface area contributed by atoms with E-state index in [1.54, 1.807) is 0 Å². The van der Waals surface area contributed by atoms with Gasteiger partial charge in [0, 0.05) is 23.2 Å². The van der Waals surface area contributed by atoms with E-state index in [1.165, 1.54) is 5.56 Å². The minimum Gasteiger partial charge on any atom is -0.507 e. The van der Waals surface area contributed by atoms with Crippen molar-refractivity contribution in [3.63, 3.8) is 0 Å². The van der Waals surface area contributed by atoms with Crippen LogP contribution in [0.25, 0.3) is 0 Å². The van der Waals surface area contributed by atoms with Crippen LogP contribution in [-0.2, 0) is 12.8 Å². The molecule has 5 heteroatoms. The van der Waals surface area contributed by atoms with Gasteiger partial charge in [0.15, 0.2) is 0 Å². The maximum Gasteiger partial charge on any atom is 0.140 e. The Morgan fingerprint density at radius 1 is 1.17 bits per heavy atom. The fourth-order valence-corrected chi connectivity index (χ4v) is 5.22. The number of phenolic OH excluding ortho intramolecular Hbond substituents is 1. The second-order valence-electron chi connectivity index (χ2n) is 8.61. The van der Waals surface area contributed by atoms with Crippen LogP contribution in [0, 0.1) is 20.8 Å². The third-order valence-corrected chi connectivity index (χ3v) is 7.49. The molecule has 2 heterocycles. The predicted octanol–water partition coefficient (Wildman–Crippen LogP) is 4.69. The molecule has 2 aliphatic heterocycles.